The number of carbonyl (C=O) groups excluding carboxylic acids is 4. The molecule has 0 aliphatic rings. The largest absolute Gasteiger partial charge is 0.480 e. The first-order valence-corrected chi connectivity index (χ1v) is 11.3. The molecule has 9 N–H and O–H groups in total. The molecule has 0 radical (unpaired) electrons. The molecule has 0 aromatic heterocycles. The second kappa shape index (κ2) is 14.7. The first kappa shape index (κ1) is 29.5. The molecule has 12 nitrogen and oxygen atoms in total. The van der Waals surface area contributed by atoms with Crippen LogP contribution >= 0.6 is 0 Å². The van der Waals surface area contributed by atoms with E-state index in [2.05, 4.69) is 16.0 Å². The van der Waals surface area contributed by atoms with E-state index in [1.807, 2.05) is 13.8 Å². The summed E-state index contributed by atoms with van der Waals surface area (Å²) in [4.78, 5) is 61.1. The number of aliphatic hydroxyl groups is 1. The van der Waals surface area contributed by atoms with Crippen molar-refractivity contribution in [2.75, 3.05) is 6.61 Å². The van der Waals surface area contributed by atoms with Crippen molar-refractivity contribution in [3.05, 3.63) is 35.9 Å². The number of primary amides is 1. The van der Waals surface area contributed by atoms with E-state index in [9.17, 15) is 29.1 Å². The Bertz CT molecular complexity index is 878. The molecule has 1 aromatic carbocycles. The third-order valence-electron chi connectivity index (χ3n) is 5.08. The van der Waals surface area contributed by atoms with Crippen LogP contribution in [0.2, 0.25) is 0 Å². The van der Waals surface area contributed by atoms with Gasteiger partial charge >= 0.3 is 5.97 Å². The van der Waals surface area contributed by atoms with Crippen molar-refractivity contribution >= 4 is 29.6 Å². The zero-order valence-electron chi connectivity index (χ0n) is 19.9. The maximum absolute atomic E-state index is 13.0. The van der Waals surface area contributed by atoms with E-state index in [4.69, 9.17) is 16.6 Å². The van der Waals surface area contributed by atoms with E-state index < -0.39 is 60.4 Å². The molecule has 1 rings (SSSR count). The molecule has 0 saturated heterocycles. The maximum atomic E-state index is 13.0. The predicted octanol–water partition coefficient (Wildman–Crippen LogP) is -1.60. The van der Waals surface area contributed by atoms with Crippen LogP contribution in [0.25, 0.3) is 0 Å². The van der Waals surface area contributed by atoms with Crippen LogP contribution in [0.3, 0.4) is 0 Å². The van der Waals surface area contributed by atoms with Gasteiger partial charge in [-0.2, -0.15) is 0 Å². The number of hydrogen-bond donors (Lipinski definition) is 7. The molecule has 4 atom stereocenters. The first-order valence-electron chi connectivity index (χ1n) is 11.3. The van der Waals surface area contributed by atoms with Gasteiger partial charge in [0.05, 0.1) is 6.61 Å². The van der Waals surface area contributed by atoms with E-state index in [0.717, 1.165) is 0 Å². The van der Waals surface area contributed by atoms with Crippen LogP contribution in [0.5, 0.6) is 0 Å². The highest BCUT2D eigenvalue weighted by atomic mass is 16.4. The van der Waals surface area contributed by atoms with E-state index in [1.54, 1.807) is 30.3 Å². The molecule has 0 fully saturated rings. The van der Waals surface area contributed by atoms with Crippen LogP contribution in [-0.2, 0) is 30.4 Å². The summed E-state index contributed by atoms with van der Waals surface area (Å²) in [5.41, 5.74) is 11.4. The maximum Gasteiger partial charge on any atom is 0.326 e. The zero-order chi connectivity index (χ0) is 26.5. The summed E-state index contributed by atoms with van der Waals surface area (Å²) in [5.74, 6) is -4.31. The van der Waals surface area contributed by atoms with Crippen molar-refractivity contribution in [1.29, 1.82) is 0 Å². The monoisotopic (exact) mass is 493 g/mol. The normalized spacial score (nSPS) is 14.3. The van der Waals surface area contributed by atoms with Gasteiger partial charge in [0, 0.05) is 12.8 Å². The lowest BCUT2D eigenvalue weighted by Crippen LogP contribution is -2.57. The Kier molecular flexibility index (Phi) is 12.4. The van der Waals surface area contributed by atoms with Crippen molar-refractivity contribution in [2.24, 2.45) is 17.4 Å². The Hall–Kier alpha value is -3.51. The molecule has 0 aliphatic heterocycles. The molecule has 35 heavy (non-hydrogen) atoms. The van der Waals surface area contributed by atoms with Gasteiger partial charge in [-0.15, -0.1) is 0 Å². The lowest BCUT2D eigenvalue weighted by atomic mass is 10.0. The fourth-order valence-corrected chi connectivity index (χ4v) is 3.21. The number of amides is 4. The van der Waals surface area contributed by atoms with Crippen LogP contribution in [0.1, 0.15) is 38.7 Å². The summed E-state index contributed by atoms with van der Waals surface area (Å²) in [6.45, 7) is 3.01. The van der Waals surface area contributed by atoms with Crippen molar-refractivity contribution in [1.82, 2.24) is 16.0 Å². The van der Waals surface area contributed by atoms with Crippen LogP contribution in [0, 0.1) is 5.92 Å². The van der Waals surface area contributed by atoms with E-state index in [0.29, 0.717) is 5.56 Å². The summed E-state index contributed by atoms with van der Waals surface area (Å²) in [7, 11) is 0. The summed E-state index contributed by atoms with van der Waals surface area (Å²) in [5, 5.41) is 26.0. The minimum atomic E-state index is -1.29. The van der Waals surface area contributed by atoms with Crippen LogP contribution in [-0.4, -0.2) is 70.6 Å². The molecule has 1 aromatic rings. The van der Waals surface area contributed by atoms with Gasteiger partial charge in [-0.1, -0.05) is 44.2 Å². The molecule has 0 aliphatic carbocycles. The Morgan fingerprint density at radius 1 is 0.886 bits per heavy atom. The quantitative estimate of drug-likeness (QED) is 0.151. The van der Waals surface area contributed by atoms with Crippen LogP contribution in [0.4, 0.5) is 0 Å². The van der Waals surface area contributed by atoms with Crippen molar-refractivity contribution in [3.63, 3.8) is 0 Å². The SMILES string of the molecule is CC(C)CC(NC(=O)C(N)CO)C(=O)NC(CCC(N)=O)C(=O)NC(Cc1ccccc1)C(=O)O. The van der Waals surface area contributed by atoms with Crippen molar-refractivity contribution in [3.8, 4) is 0 Å². The Balaban J connectivity index is 3.03. The molecule has 12 heteroatoms. The topological polar surface area (TPSA) is 214 Å². The molecule has 4 unspecified atom stereocenters. The second-order valence-electron chi connectivity index (χ2n) is 8.64. The van der Waals surface area contributed by atoms with Gasteiger partial charge in [-0.25, -0.2) is 4.79 Å². The predicted molar refractivity (Wildman–Crippen MR) is 127 cm³/mol. The number of carbonyl (C=O) groups is 5. The number of hydrogen-bond acceptors (Lipinski definition) is 7. The lowest BCUT2D eigenvalue weighted by molar-refractivity contribution is -0.142. The number of nitrogens with two attached hydrogens (primary N) is 2. The molecule has 0 spiro atoms. The average molecular weight is 494 g/mol. The van der Waals surface area contributed by atoms with Crippen LogP contribution < -0.4 is 27.4 Å². The van der Waals surface area contributed by atoms with Gasteiger partial charge in [0.15, 0.2) is 0 Å². The lowest BCUT2D eigenvalue weighted by Gasteiger charge is -2.25. The van der Waals surface area contributed by atoms with Gasteiger partial charge in [0.1, 0.15) is 24.2 Å². The molecular weight excluding hydrogens is 458 g/mol. The number of benzene rings is 1. The fraction of sp³-hybridized carbons (Fsp3) is 0.522. The minimum absolute atomic E-state index is 0.00345. The number of carboxylic acid groups (broad SMARTS) is 1. The molecular formula is C23H35N5O7. The zero-order valence-corrected chi connectivity index (χ0v) is 19.9. The highest BCUT2D eigenvalue weighted by molar-refractivity contribution is 5.94. The van der Waals surface area contributed by atoms with Gasteiger partial charge in [-0.05, 0) is 24.3 Å². The molecule has 0 saturated carbocycles. The number of rotatable bonds is 15. The third-order valence-corrected chi connectivity index (χ3v) is 5.08. The highest BCUT2D eigenvalue weighted by Crippen LogP contribution is 2.09. The first-order chi connectivity index (χ1) is 16.4. The summed E-state index contributed by atoms with van der Waals surface area (Å²) >= 11 is 0. The summed E-state index contributed by atoms with van der Waals surface area (Å²) < 4.78 is 0. The second-order valence-corrected chi connectivity index (χ2v) is 8.64. The highest BCUT2D eigenvalue weighted by Gasteiger charge is 2.30. The molecule has 4 amide bonds. The van der Waals surface area contributed by atoms with Crippen molar-refractivity contribution in [2.45, 2.75) is 63.7 Å². The van der Waals surface area contributed by atoms with Gasteiger partial charge < -0.3 is 37.6 Å². The van der Waals surface area contributed by atoms with Gasteiger partial charge in [-0.3, -0.25) is 19.2 Å². The smallest absolute Gasteiger partial charge is 0.326 e. The Labute approximate surface area is 203 Å². The number of nitrogens with one attached hydrogen (secondary N) is 3. The Morgan fingerprint density at radius 3 is 1.94 bits per heavy atom. The van der Waals surface area contributed by atoms with E-state index >= 15 is 0 Å². The van der Waals surface area contributed by atoms with Gasteiger partial charge in [0.25, 0.3) is 0 Å². The average Bonchev–Trinajstić information content (AvgIpc) is 2.80. The number of aliphatic carboxylic acids is 1. The minimum Gasteiger partial charge on any atom is -0.480 e. The van der Waals surface area contributed by atoms with Gasteiger partial charge in [0.2, 0.25) is 23.6 Å². The third kappa shape index (κ3) is 11.0. The van der Waals surface area contributed by atoms with Crippen molar-refractivity contribution < 1.29 is 34.2 Å². The molecule has 0 heterocycles. The summed E-state index contributed by atoms with van der Waals surface area (Å²) in [6, 6.07) is 3.78. The number of carboxylic acids is 1. The van der Waals surface area contributed by atoms with Crippen LogP contribution in [0.15, 0.2) is 30.3 Å². The van der Waals surface area contributed by atoms with E-state index in [1.165, 1.54) is 0 Å². The van der Waals surface area contributed by atoms with E-state index in [-0.39, 0.29) is 31.6 Å². The number of aliphatic hydroxyl groups excluding tert-OH is 1. The summed E-state index contributed by atoms with van der Waals surface area (Å²) in [6.07, 6.45) is -0.219. The molecule has 0 bridgehead atoms. The standard InChI is InChI=1S/C23H35N5O7/c1-13(2)10-17(27-20(31)15(24)12-29)22(33)26-16(8-9-19(25)30)21(32)28-18(23(34)35)11-14-6-4-3-5-7-14/h3-7,13,15-18,29H,8-12,24H2,1-2H3,(H2,25,30)(H,26,33)(H,27,31)(H,28,32)(H,34,35). The molecule has 194 valence electrons. The Morgan fingerprint density at radius 2 is 1.43 bits per heavy atom. The fourth-order valence-electron chi connectivity index (χ4n) is 3.21.